The Bertz CT molecular complexity index is 2340. The standard InChI is InChI=1S/C29H32N2O.C20H20N.Ir/c1-18(2)25-16-23(22-12-8-7-9-13-22)17-26(19(3)4)28(25)31-21(6)20(5)30-29(31)24-14-10-11-15-27(24)32;1-13(2)17-6-5-16-7-8-21-20(19(16)12-17)18-10-14(3)9-15(4)11-18;/h7-19,32H,1-6H3;5-10,12-13H,1-4H3;/q;-1;. The number of fused-ring (bicyclic) bond motifs is 1. The second-order valence-electron chi connectivity index (χ2n) is 15.2. The topological polar surface area (TPSA) is 50.9 Å². The molecule has 0 amide bonds. The number of imidazole rings is 1. The van der Waals surface area contributed by atoms with Crippen LogP contribution < -0.4 is 0 Å². The fourth-order valence-electron chi connectivity index (χ4n) is 7.13. The van der Waals surface area contributed by atoms with Gasteiger partial charge >= 0.3 is 0 Å². The van der Waals surface area contributed by atoms with Crippen LogP contribution in [0.1, 0.15) is 98.5 Å². The van der Waals surface area contributed by atoms with Gasteiger partial charge in [0, 0.05) is 32.0 Å². The molecule has 279 valence electrons. The Morgan fingerprint density at radius 2 is 1.31 bits per heavy atom. The van der Waals surface area contributed by atoms with Crippen molar-refractivity contribution in [2.45, 2.75) is 87.0 Å². The molecule has 0 atom stereocenters. The summed E-state index contributed by atoms with van der Waals surface area (Å²) in [6.07, 6.45) is 1.89. The maximum atomic E-state index is 10.6. The number of nitrogens with zero attached hydrogens (tertiary/aromatic N) is 3. The van der Waals surface area contributed by atoms with Crippen LogP contribution in [0.4, 0.5) is 0 Å². The van der Waals surface area contributed by atoms with Crippen LogP contribution in [-0.4, -0.2) is 19.6 Å². The molecule has 0 saturated heterocycles. The summed E-state index contributed by atoms with van der Waals surface area (Å²) in [6.45, 7) is 21.8. The van der Waals surface area contributed by atoms with Crippen molar-refractivity contribution < 1.29 is 25.2 Å². The van der Waals surface area contributed by atoms with Crippen molar-refractivity contribution in [3.05, 3.63) is 155 Å². The van der Waals surface area contributed by atoms with E-state index in [-0.39, 0.29) is 25.9 Å². The van der Waals surface area contributed by atoms with Gasteiger partial charge in [-0.1, -0.05) is 116 Å². The summed E-state index contributed by atoms with van der Waals surface area (Å²) in [5.74, 6) is 2.20. The van der Waals surface area contributed by atoms with E-state index in [1.54, 1.807) is 6.07 Å². The Morgan fingerprint density at radius 3 is 1.93 bits per heavy atom. The van der Waals surface area contributed by atoms with Gasteiger partial charge in [0.2, 0.25) is 0 Å². The van der Waals surface area contributed by atoms with Crippen molar-refractivity contribution in [1.29, 1.82) is 0 Å². The van der Waals surface area contributed by atoms with Gasteiger partial charge in [-0.15, -0.1) is 34.9 Å². The Labute approximate surface area is 335 Å². The van der Waals surface area contributed by atoms with Gasteiger partial charge in [-0.05, 0) is 106 Å². The fourth-order valence-corrected chi connectivity index (χ4v) is 7.13. The van der Waals surface area contributed by atoms with Crippen LogP contribution in [0.3, 0.4) is 0 Å². The second-order valence-corrected chi connectivity index (χ2v) is 15.2. The molecule has 5 heteroatoms. The number of phenols is 1. The number of hydrogen-bond acceptors (Lipinski definition) is 3. The summed E-state index contributed by atoms with van der Waals surface area (Å²) >= 11 is 0. The number of aromatic nitrogens is 3. The van der Waals surface area contributed by atoms with E-state index < -0.39 is 0 Å². The zero-order chi connectivity index (χ0) is 38.0. The Morgan fingerprint density at radius 1 is 0.667 bits per heavy atom. The maximum absolute atomic E-state index is 10.6. The van der Waals surface area contributed by atoms with Gasteiger partial charge in [0.25, 0.3) is 0 Å². The third-order valence-corrected chi connectivity index (χ3v) is 10.1. The molecule has 7 rings (SSSR count). The van der Waals surface area contributed by atoms with Gasteiger partial charge in [-0.2, -0.15) is 0 Å². The predicted octanol–water partition coefficient (Wildman–Crippen LogP) is 13.2. The van der Waals surface area contributed by atoms with Crippen molar-refractivity contribution in [1.82, 2.24) is 14.5 Å². The Balaban J connectivity index is 0.000000221. The first-order valence-corrected chi connectivity index (χ1v) is 18.8. The first kappa shape index (κ1) is 40.4. The van der Waals surface area contributed by atoms with Crippen molar-refractivity contribution >= 4 is 10.8 Å². The number of para-hydroxylation sites is 1. The van der Waals surface area contributed by atoms with Crippen LogP contribution in [0.2, 0.25) is 0 Å². The third kappa shape index (κ3) is 8.44. The van der Waals surface area contributed by atoms with Crippen LogP contribution in [-0.2, 0) is 20.1 Å². The quantitative estimate of drug-likeness (QED) is 0.162. The number of benzene rings is 5. The van der Waals surface area contributed by atoms with Crippen molar-refractivity contribution in [3.8, 4) is 45.2 Å². The van der Waals surface area contributed by atoms with Crippen LogP contribution in [0, 0.1) is 33.8 Å². The molecule has 7 aromatic rings. The van der Waals surface area contributed by atoms with E-state index in [1.165, 1.54) is 49.8 Å². The normalized spacial score (nSPS) is 11.2. The molecule has 0 fully saturated rings. The average molecular weight is 891 g/mol. The molecule has 0 aliphatic carbocycles. The van der Waals surface area contributed by atoms with Gasteiger partial charge < -0.3 is 10.1 Å². The van der Waals surface area contributed by atoms with Crippen LogP contribution >= 0.6 is 0 Å². The number of phenolic OH excluding ortho intramolecular Hbond substituents is 1. The number of hydrogen-bond donors (Lipinski definition) is 1. The van der Waals surface area contributed by atoms with Gasteiger partial charge in [-0.3, -0.25) is 4.57 Å². The molecule has 5 aromatic carbocycles. The first-order valence-electron chi connectivity index (χ1n) is 18.8. The van der Waals surface area contributed by atoms with Crippen molar-refractivity contribution in [2.75, 3.05) is 0 Å². The van der Waals surface area contributed by atoms with Gasteiger partial charge in [0.1, 0.15) is 11.6 Å². The molecule has 54 heavy (non-hydrogen) atoms. The van der Waals surface area contributed by atoms with E-state index in [4.69, 9.17) is 4.98 Å². The number of pyridine rings is 1. The molecule has 2 heterocycles. The summed E-state index contributed by atoms with van der Waals surface area (Å²) in [6, 6.07) is 39.2. The predicted molar refractivity (Wildman–Crippen MR) is 223 cm³/mol. The molecule has 0 aliphatic rings. The zero-order valence-electron chi connectivity index (χ0n) is 33.2. The number of aromatic hydroxyl groups is 1. The minimum atomic E-state index is 0. The van der Waals surface area contributed by atoms with E-state index in [1.807, 2.05) is 31.3 Å². The molecule has 0 bridgehead atoms. The van der Waals surface area contributed by atoms with Crippen molar-refractivity contribution in [2.24, 2.45) is 0 Å². The first-order chi connectivity index (χ1) is 25.3. The molecular formula is C49H52IrN3O-. The van der Waals surface area contributed by atoms with E-state index in [2.05, 4.69) is 157 Å². The zero-order valence-corrected chi connectivity index (χ0v) is 35.6. The molecule has 0 unspecified atom stereocenters. The molecule has 0 aliphatic heterocycles. The smallest absolute Gasteiger partial charge is 0.148 e. The SMILES string of the molecule is Cc1[c-]c(-c2nccc3ccc(C(C)C)cc23)cc(C)c1.Cc1nc(-c2ccccc2O)n(-c2c(C(C)C)cc(-c3ccccc3)cc2C(C)C)c1C.[Ir]. The van der Waals surface area contributed by atoms with Gasteiger partial charge in [0.05, 0.1) is 16.9 Å². The van der Waals surface area contributed by atoms with Crippen LogP contribution in [0.15, 0.2) is 109 Å². The van der Waals surface area contributed by atoms with Crippen LogP contribution in [0.5, 0.6) is 5.75 Å². The monoisotopic (exact) mass is 891 g/mol. The Hall–Kier alpha value is -4.83. The van der Waals surface area contributed by atoms with Crippen LogP contribution in [0.25, 0.3) is 50.2 Å². The average Bonchev–Trinajstić information content (AvgIpc) is 3.43. The molecule has 2 aromatic heterocycles. The number of rotatable bonds is 7. The maximum Gasteiger partial charge on any atom is 0.148 e. The summed E-state index contributed by atoms with van der Waals surface area (Å²) in [7, 11) is 0. The largest absolute Gasteiger partial charge is 0.507 e. The summed E-state index contributed by atoms with van der Waals surface area (Å²) in [5.41, 5.74) is 14.9. The minimum absolute atomic E-state index is 0. The van der Waals surface area contributed by atoms with E-state index in [0.29, 0.717) is 17.8 Å². The summed E-state index contributed by atoms with van der Waals surface area (Å²) in [4.78, 5) is 9.53. The van der Waals surface area contributed by atoms with E-state index in [9.17, 15) is 5.11 Å². The molecule has 4 nitrogen and oxygen atoms in total. The van der Waals surface area contributed by atoms with E-state index in [0.717, 1.165) is 39.6 Å². The minimum Gasteiger partial charge on any atom is -0.507 e. The Kier molecular flexibility index (Phi) is 12.8. The fraction of sp³-hybridized carbons (Fsp3) is 0.265. The summed E-state index contributed by atoms with van der Waals surface area (Å²) in [5, 5.41) is 13.1. The molecule has 1 N–H and O–H groups in total. The van der Waals surface area contributed by atoms with Crippen molar-refractivity contribution in [3.63, 3.8) is 0 Å². The molecule has 1 radical (unpaired) electrons. The van der Waals surface area contributed by atoms with Gasteiger partial charge in [0.15, 0.2) is 0 Å². The van der Waals surface area contributed by atoms with E-state index >= 15 is 0 Å². The molecular weight excluding hydrogens is 839 g/mol. The second kappa shape index (κ2) is 17.1. The molecule has 0 spiro atoms. The number of aryl methyl sites for hydroxylation is 3. The van der Waals surface area contributed by atoms with Gasteiger partial charge in [-0.25, -0.2) is 4.98 Å². The summed E-state index contributed by atoms with van der Waals surface area (Å²) < 4.78 is 2.25. The molecule has 0 saturated carbocycles. The third-order valence-electron chi connectivity index (χ3n) is 10.1.